The van der Waals surface area contributed by atoms with Crippen LogP contribution in [0.15, 0.2) is 24.3 Å². The number of thiol groups is 1. The molecule has 0 N–H and O–H groups in total. The van der Waals surface area contributed by atoms with E-state index in [0.717, 1.165) is 0 Å². The second-order valence-corrected chi connectivity index (χ2v) is 4.10. The molecule has 3 nitrogen and oxygen atoms in total. The number of hydrogen-bond acceptors (Lipinski definition) is 3. The zero-order chi connectivity index (χ0) is 10.6. The van der Waals surface area contributed by atoms with Gasteiger partial charge in [0.15, 0.2) is 0 Å². The molecule has 1 atom stereocenters. The first kappa shape index (κ1) is 10.7. The highest BCUT2D eigenvalue weighted by Gasteiger charge is 2.15. The van der Waals surface area contributed by atoms with Gasteiger partial charge < -0.3 is 0 Å². The molecule has 74 valence electrons. The van der Waals surface area contributed by atoms with Crippen LogP contribution in [0.3, 0.4) is 0 Å². The van der Waals surface area contributed by atoms with Crippen LogP contribution in [-0.2, 0) is 10.7 Å². The Morgan fingerprint density at radius 3 is 2.57 bits per heavy atom. The Kier molecular flexibility index (Phi) is 3.66. The number of benzene rings is 1. The van der Waals surface area contributed by atoms with Crippen molar-refractivity contribution < 1.29 is 8.42 Å². The average Bonchev–Trinajstić information content (AvgIpc) is 2.19. The Balaban J connectivity index is 3.23. The summed E-state index contributed by atoms with van der Waals surface area (Å²) >= 11 is 0. The lowest BCUT2D eigenvalue weighted by Gasteiger charge is -2.08. The van der Waals surface area contributed by atoms with Gasteiger partial charge in [0.1, 0.15) is 10.7 Å². The Hall–Kier alpha value is -1.34. The van der Waals surface area contributed by atoms with Crippen molar-refractivity contribution in [2.24, 2.45) is 0 Å². The third-order valence-corrected chi connectivity index (χ3v) is 3.23. The van der Waals surface area contributed by atoms with Crippen LogP contribution < -0.4 is 0 Å². The predicted octanol–water partition coefficient (Wildman–Crippen LogP) is 1.62. The number of hydrogen-bond donors (Lipinski definition) is 1. The van der Waals surface area contributed by atoms with Gasteiger partial charge >= 0.3 is 0 Å². The van der Waals surface area contributed by atoms with Crippen molar-refractivity contribution in [2.45, 2.75) is 18.6 Å². The second-order valence-electron chi connectivity index (χ2n) is 2.91. The van der Waals surface area contributed by atoms with Gasteiger partial charge in [-0.25, -0.2) is 8.42 Å². The molecule has 0 saturated carbocycles. The standard InChI is InChI=1S/C10H11NO2S/c1-2-10(14(12)13)9-6-4-3-5-8(9)7-11/h3-6,10,14H,2H2,1H3. The minimum Gasteiger partial charge on any atom is -0.231 e. The van der Waals surface area contributed by atoms with Gasteiger partial charge in [0, 0.05) is 0 Å². The van der Waals surface area contributed by atoms with Crippen LogP contribution in [0, 0.1) is 11.3 Å². The lowest BCUT2D eigenvalue weighted by atomic mass is 10.0. The molecule has 0 spiro atoms. The van der Waals surface area contributed by atoms with Gasteiger partial charge in [-0.2, -0.15) is 5.26 Å². The SMILES string of the molecule is CCC(c1ccccc1C#N)[SH](=O)=O. The van der Waals surface area contributed by atoms with Crippen molar-refractivity contribution in [1.82, 2.24) is 0 Å². The number of rotatable bonds is 3. The molecule has 0 amide bonds. The summed E-state index contributed by atoms with van der Waals surface area (Å²) in [6.45, 7) is 1.80. The van der Waals surface area contributed by atoms with E-state index in [0.29, 0.717) is 17.5 Å². The Bertz CT molecular complexity index is 424. The first-order valence-corrected chi connectivity index (χ1v) is 5.58. The van der Waals surface area contributed by atoms with Crippen molar-refractivity contribution in [1.29, 1.82) is 5.26 Å². The average molecular weight is 209 g/mol. The summed E-state index contributed by atoms with van der Waals surface area (Å²) in [6.07, 6.45) is 0.497. The molecule has 0 aliphatic carbocycles. The largest absolute Gasteiger partial charge is 0.231 e. The molecule has 0 aliphatic heterocycles. The van der Waals surface area contributed by atoms with Gasteiger partial charge in [-0.05, 0) is 18.1 Å². The molecule has 0 aromatic heterocycles. The van der Waals surface area contributed by atoms with Crippen LogP contribution in [0.1, 0.15) is 29.7 Å². The second kappa shape index (κ2) is 4.77. The maximum absolute atomic E-state index is 10.9. The van der Waals surface area contributed by atoms with E-state index in [4.69, 9.17) is 5.26 Å². The van der Waals surface area contributed by atoms with Crippen molar-refractivity contribution in [3.8, 4) is 6.07 Å². The molecular weight excluding hydrogens is 198 g/mol. The smallest absolute Gasteiger partial charge is 0.147 e. The zero-order valence-electron chi connectivity index (χ0n) is 7.80. The Morgan fingerprint density at radius 1 is 1.43 bits per heavy atom. The fourth-order valence-electron chi connectivity index (χ4n) is 1.37. The van der Waals surface area contributed by atoms with Crippen LogP contribution in [0.25, 0.3) is 0 Å². The lowest BCUT2D eigenvalue weighted by molar-refractivity contribution is 0.599. The Morgan fingerprint density at radius 2 is 2.07 bits per heavy atom. The highest BCUT2D eigenvalue weighted by molar-refractivity contribution is 7.72. The van der Waals surface area contributed by atoms with Crippen molar-refractivity contribution in [3.63, 3.8) is 0 Å². The fourth-order valence-corrected chi connectivity index (χ4v) is 2.12. The van der Waals surface area contributed by atoms with E-state index in [2.05, 4.69) is 0 Å². The molecule has 0 heterocycles. The van der Waals surface area contributed by atoms with Crippen LogP contribution in [-0.4, -0.2) is 8.42 Å². The summed E-state index contributed by atoms with van der Waals surface area (Å²) in [7, 11) is -2.51. The van der Waals surface area contributed by atoms with E-state index >= 15 is 0 Å². The zero-order valence-corrected chi connectivity index (χ0v) is 8.70. The number of nitriles is 1. The van der Waals surface area contributed by atoms with Crippen molar-refractivity contribution >= 4 is 10.7 Å². The highest BCUT2D eigenvalue weighted by atomic mass is 32.2. The molecule has 1 aromatic carbocycles. The van der Waals surface area contributed by atoms with E-state index < -0.39 is 16.0 Å². The topological polar surface area (TPSA) is 57.9 Å². The summed E-state index contributed by atoms with van der Waals surface area (Å²) in [5.74, 6) is 0. The van der Waals surface area contributed by atoms with Crippen molar-refractivity contribution in [2.75, 3.05) is 0 Å². The summed E-state index contributed by atoms with van der Waals surface area (Å²) in [5, 5.41) is 8.26. The molecule has 0 bridgehead atoms. The molecule has 0 aliphatic rings. The molecule has 14 heavy (non-hydrogen) atoms. The monoisotopic (exact) mass is 209 g/mol. The van der Waals surface area contributed by atoms with E-state index in [1.54, 1.807) is 31.2 Å². The van der Waals surface area contributed by atoms with Crippen LogP contribution >= 0.6 is 0 Å². The van der Waals surface area contributed by atoms with Gasteiger partial charge in [0.25, 0.3) is 0 Å². The summed E-state index contributed by atoms with van der Waals surface area (Å²) in [5.41, 5.74) is 1.05. The molecule has 1 rings (SSSR count). The summed E-state index contributed by atoms with van der Waals surface area (Å²) in [4.78, 5) is 0. The van der Waals surface area contributed by atoms with Gasteiger partial charge in [-0.3, -0.25) is 0 Å². The van der Waals surface area contributed by atoms with E-state index in [1.165, 1.54) is 0 Å². The minimum absolute atomic E-state index is 0.443. The molecule has 0 fully saturated rings. The van der Waals surface area contributed by atoms with E-state index in [-0.39, 0.29) is 0 Å². The summed E-state index contributed by atoms with van der Waals surface area (Å²) in [6, 6.07) is 8.80. The third-order valence-electron chi connectivity index (χ3n) is 2.08. The lowest BCUT2D eigenvalue weighted by Crippen LogP contribution is -2.01. The molecule has 1 aromatic rings. The maximum Gasteiger partial charge on any atom is 0.147 e. The first-order valence-electron chi connectivity index (χ1n) is 4.33. The van der Waals surface area contributed by atoms with Crippen LogP contribution in [0.2, 0.25) is 0 Å². The van der Waals surface area contributed by atoms with E-state index in [9.17, 15) is 8.42 Å². The molecular formula is C10H11NO2S. The van der Waals surface area contributed by atoms with Gasteiger partial charge in [-0.15, -0.1) is 0 Å². The van der Waals surface area contributed by atoms with E-state index in [1.807, 2.05) is 6.07 Å². The normalized spacial score (nSPS) is 12.4. The third kappa shape index (κ3) is 2.12. The maximum atomic E-state index is 10.9. The van der Waals surface area contributed by atoms with Gasteiger partial charge in [0.05, 0.1) is 16.9 Å². The molecule has 0 saturated heterocycles. The number of nitrogens with zero attached hydrogens (tertiary/aromatic N) is 1. The fraction of sp³-hybridized carbons (Fsp3) is 0.300. The molecule has 0 radical (unpaired) electrons. The quantitative estimate of drug-likeness (QED) is 0.769. The first-order chi connectivity index (χ1) is 6.70. The minimum atomic E-state index is -2.51. The van der Waals surface area contributed by atoms with Gasteiger partial charge in [0.2, 0.25) is 0 Å². The predicted molar refractivity (Wildman–Crippen MR) is 54.5 cm³/mol. The highest BCUT2D eigenvalue weighted by Crippen LogP contribution is 2.23. The molecule has 1 unspecified atom stereocenters. The van der Waals surface area contributed by atoms with Crippen LogP contribution in [0.4, 0.5) is 0 Å². The van der Waals surface area contributed by atoms with Gasteiger partial charge in [-0.1, -0.05) is 25.1 Å². The van der Waals surface area contributed by atoms with Crippen LogP contribution in [0.5, 0.6) is 0 Å². The summed E-state index contributed by atoms with van der Waals surface area (Å²) < 4.78 is 21.9. The van der Waals surface area contributed by atoms with Crippen molar-refractivity contribution in [3.05, 3.63) is 35.4 Å². The molecule has 4 heteroatoms. The Labute approximate surface area is 84.9 Å².